The molecule has 0 aromatic carbocycles. The number of sulfone groups is 8. The Hall–Kier alpha value is -0.440. The second kappa shape index (κ2) is 55.3. The minimum atomic E-state index is -7.26. The Morgan fingerprint density at radius 2 is 0.339 bits per heavy atom. The molecule has 109 heavy (non-hydrogen) atoms. The Kier molecular flexibility index (Phi) is 55.1. The maximum Gasteiger partial charge on any atom is 0.305 e. The molecule has 0 radical (unpaired) electrons. The molecule has 656 valence electrons. The summed E-state index contributed by atoms with van der Waals surface area (Å²) in [6.45, 7) is 27.9. The van der Waals surface area contributed by atoms with Crippen molar-refractivity contribution in [1.82, 2.24) is 0 Å². The van der Waals surface area contributed by atoms with Crippen molar-refractivity contribution in [2.24, 2.45) is 0 Å². The smallest absolute Gasteiger partial charge is 0.305 e. The van der Waals surface area contributed by atoms with Crippen LogP contribution in [0.2, 0.25) is 0 Å². The van der Waals surface area contributed by atoms with Gasteiger partial charge in [-0.2, -0.15) is 0 Å². The van der Waals surface area contributed by atoms with Crippen molar-refractivity contribution >= 4 is 78.7 Å². The summed E-state index contributed by atoms with van der Waals surface area (Å²) in [5.41, 5.74) is 0. The van der Waals surface area contributed by atoms with Crippen LogP contribution in [0.3, 0.4) is 0 Å². The summed E-state index contributed by atoms with van der Waals surface area (Å²) in [4.78, 5) is 0. The van der Waals surface area contributed by atoms with E-state index < -0.39 is 240 Å². The molecule has 0 aliphatic heterocycles. The van der Waals surface area contributed by atoms with Crippen LogP contribution >= 0.6 is 0 Å². The molecule has 0 aliphatic rings. The summed E-state index contributed by atoms with van der Waals surface area (Å²) in [5, 5.41) is -1.74. The molecule has 0 aliphatic carbocycles. The van der Waals surface area contributed by atoms with Crippen LogP contribution in [0, 0.1) is 0 Å². The standard InChI is InChI=1S/C84H170O17S8/c1-17-33-41-49-65-73(57-25-9)102(86,87)81(103(88,89)74(58-26-10)66-50-42-34-18-2)82(104(90,91)75(59-27-11)67-51-43-35-19-3,105(92,93)76(60-28-12)68-52-44-36-20-4)83(106(94,95)77(61-29-13)69-53-45-37-21-5,107(96,97)78(62-30-14)70-54-46-38-22-6)84(85,108(98,99)79(63-31-15)71-55-47-39-23-7)109(100,101)80(64-32-16)72-56-48-40-24-8/h73-81,85H,17-72H2,1-16H3. The molecule has 0 saturated heterocycles. The van der Waals surface area contributed by atoms with Crippen LogP contribution in [0.15, 0.2) is 0 Å². The van der Waals surface area contributed by atoms with Crippen molar-refractivity contribution in [3.05, 3.63) is 0 Å². The van der Waals surface area contributed by atoms with E-state index in [0.29, 0.717) is 128 Å². The highest BCUT2D eigenvalue weighted by Gasteiger charge is 2.97. The van der Waals surface area contributed by atoms with Gasteiger partial charge in [0.25, 0.3) is 4.08 Å². The van der Waals surface area contributed by atoms with Crippen molar-refractivity contribution in [1.29, 1.82) is 0 Å². The quantitative estimate of drug-likeness (QED) is 0.0553. The van der Waals surface area contributed by atoms with Gasteiger partial charge in [-0.25, -0.2) is 67.3 Å². The predicted octanol–water partition coefficient (Wildman–Crippen LogP) is 22.8. The van der Waals surface area contributed by atoms with E-state index in [4.69, 9.17) is 0 Å². The molecule has 0 spiro atoms. The first kappa shape index (κ1) is 109. The van der Waals surface area contributed by atoms with Gasteiger partial charge >= 0.3 is 4.27 Å². The molecule has 0 heterocycles. The molecule has 8 unspecified atom stereocenters. The topological polar surface area (TPSA) is 293 Å². The van der Waals surface area contributed by atoms with Gasteiger partial charge < -0.3 is 5.11 Å². The molecule has 0 fully saturated rings. The van der Waals surface area contributed by atoms with E-state index in [1.165, 1.54) is 0 Å². The van der Waals surface area contributed by atoms with Crippen molar-refractivity contribution in [2.45, 2.75) is 529 Å². The lowest BCUT2D eigenvalue weighted by Gasteiger charge is -2.58. The second-order valence-electron chi connectivity index (χ2n) is 32.7. The van der Waals surface area contributed by atoms with E-state index in [0.717, 1.165) is 0 Å². The van der Waals surface area contributed by atoms with Gasteiger partial charge in [-0.1, -0.05) is 368 Å². The Morgan fingerprint density at radius 3 is 0.514 bits per heavy atom. The molecule has 0 rings (SSSR count). The highest BCUT2D eigenvalue weighted by Crippen LogP contribution is 2.66. The molecule has 0 bridgehead atoms. The summed E-state index contributed by atoms with van der Waals surface area (Å²) in [7, 11) is -55.7. The van der Waals surface area contributed by atoms with Crippen LogP contribution in [0.25, 0.3) is 0 Å². The molecule has 0 amide bonds. The average molecular weight is 1710 g/mol. The highest BCUT2D eigenvalue weighted by atomic mass is 32.3. The van der Waals surface area contributed by atoms with Gasteiger partial charge in [-0.3, -0.25) is 0 Å². The van der Waals surface area contributed by atoms with Gasteiger partial charge in [0.05, 0.1) is 42.0 Å². The second-order valence-corrected chi connectivity index (χ2v) is 52.7. The van der Waals surface area contributed by atoms with Crippen molar-refractivity contribution in [3.63, 3.8) is 0 Å². The molecule has 17 nitrogen and oxygen atoms in total. The predicted molar refractivity (Wildman–Crippen MR) is 465 cm³/mol. The van der Waals surface area contributed by atoms with Crippen LogP contribution < -0.4 is 0 Å². The van der Waals surface area contributed by atoms with Gasteiger partial charge in [0, 0.05) is 0 Å². The molecular formula is C84H170O17S8. The monoisotopic (exact) mass is 1710 g/mol. The van der Waals surface area contributed by atoms with Crippen molar-refractivity contribution in [3.8, 4) is 0 Å². The summed E-state index contributed by atoms with van der Waals surface area (Å²) >= 11 is 0. The normalized spacial score (nSPS) is 17.6. The molecule has 1 N–H and O–H groups in total. The fourth-order valence-corrected chi connectivity index (χ4v) is 53.2. The molecule has 0 saturated carbocycles. The van der Waals surface area contributed by atoms with Crippen molar-refractivity contribution < 1.29 is 72.4 Å². The van der Waals surface area contributed by atoms with Crippen LogP contribution in [0.1, 0.15) is 470 Å². The zero-order valence-corrected chi connectivity index (χ0v) is 79.1. The lowest BCUT2D eigenvalue weighted by atomic mass is 10.1. The zero-order valence-electron chi connectivity index (χ0n) is 72.5. The molecule has 8 atom stereocenters. The molecule has 0 aromatic rings. The Bertz CT molecular complexity index is 3130. The summed E-state index contributed by atoms with van der Waals surface area (Å²) in [6.07, 6.45) is -0.0236. The van der Waals surface area contributed by atoms with Crippen LogP contribution in [-0.4, -0.2) is 131 Å². The van der Waals surface area contributed by atoms with Gasteiger partial charge in [0.15, 0.2) is 63.6 Å². The third kappa shape index (κ3) is 27.3. The largest absolute Gasteiger partial charge is 0.361 e. The zero-order chi connectivity index (χ0) is 83.3. The summed E-state index contributed by atoms with van der Waals surface area (Å²) in [5.74, 6) is 0. The first-order chi connectivity index (χ1) is 51.5. The maximum absolute atomic E-state index is 19.8. The fraction of sp³-hybridized carbons (Fsp3) is 1.00. The maximum atomic E-state index is 19.8. The van der Waals surface area contributed by atoms with Gasteiger partial charge in [0.1, 0.15) is 0 Å². The van der Waals surface area contributed by atoms with Crippen LogP contribution in [-0.2, 0) is 78.7 Å². The lowest BCUT2D eigenvalue weighted by molar-refractivity contribution is 0.165. The number of hydrogen-bond donors (Lipinski definition) is 1. The number of hydrogen-bond acceptors (Lipinski definition) is 17. The fourth-order valence-electron chi connectivity index (χ4n) is 17.7. The van der Waals surface area contributed by atoms with Crippen LogP contribution in [0.4, 0.5) is 0 Å². The van der Waals surface area contributed by atoms with Gasteiger partial charge in [-0.05, 0) is 103 Å². The Labute approximate surface area is 675 Å². The number of unbranched alkanes of at least 4 members (excludes halogenated alkanes) is 24. The number of aliphatic hydroxyl groups is 1. The Morgan fingerprint density at radius 1 is 0.183 bits per heavy atom. The van der Waals surface area contributed by atoms with Gasteiger partial charge in [-0.15, -0.1) is 0 Å². The van der Waals surface area contributed by atoms with E-state index in [1.807, 2.05) is 55.4 Å². The Balaban J connectivity index is 14.5. The molecule has 25 heteroatoms. The lowest BCUT2D eigenvalue weighted by Crippen LogP contribution is -2.89. The average Bonchev–Trinajstić information content (AvgIpc) is 0.621. The highest BCUT2D eigenvalue weighted by molar-refractivity contribution is 8.23. The van der Waals surface area contributed by atoms with Gasteiger partial charge in [0.2, 0.25) is 23.8 Å². The summed E-state index contributed by atoms with van der Waals surface area (Å²) < 4.78 is 287. The number of rotatable bonds is 75. The van der Waals surface area contributed by atoms with E-state index in [-0.39, 0.29) is 128 Å². The first-order valence-electron chi connectivity index (χ1n) is 45.1. The molecule has 0 aromatic heterocycles. The third-order valence-electron chi connectivity index (χ3n) is 23.7. The molecular weight excluding hydrogens is 1540 g/mol. The van der Waals surface area contributed by atoms with E-state index in [1.54, 1.807) is 55.4 Å². The van der Waals surface area contributed by atoms with Crippen molar-refractivity contribution in [2.75, 3.05) is 0 Å². The first-order valence-corrected chi connectivity index (χ1v) is 57.6. The SMILES string of the molecule is CCCCCCC(CCC)S(=O)(=O)C(C(C(C(O)(S(=O)(=O)C(CCC)CCCCCC)S(=O)(=O)C(CCC)CCCCCC)(S(=O)(=O)C(CCC)CCCCCC)S(=O)(=O)C(CCC)CCCCCC)(S(=O)(=O)C(CCC)CCCCCC)S(=O)(=O)C(CCC)CCCCCC)S(=O)(=O)C(CCC)CCCCCC. The van der Waals surface area contributed by atoms with E-state index >= 15 is 72.4 Å². The van der Waals surface area contributed by atoms with Crippen LogP contribution in [0.5, 0.6) is 0 Å². The third-order valence-corrected chi connectivity index (χ3v) is 51.7. The minimum absolute atomic E-state index is 0.0329. The van der Waals surface area contributed by atoms with E-state index in [9.17, 15) is 0 Å². The minimum Gasteiger partial charge on any atom is -0.361 e. The van der Waals surface area contributed by atoms with E-state index in [2.05, 4.69) is 0 Å². The summed E-state index contributed by atoms with van der Waals surface area (Å²) in [6, 6.07) is 0.